The second-order valence-electron chi connectivity index (χ2n) is 8.89. The Labute approximate surface area is 272 Å². The number of carboxylic acids is 2. The van der Waals surface area contributed by atoms with Gasteiger partial charge < -0.3 is 26.4 Å². The third-order valence-corrected chi connectivity index (χ3v) is 7.59. The Morgan fingerprint density at radius 3 is 1.84 bits per heavy atom. The molecule has 2 aliphatic heterocycles. The monoisotopic (exact) mass is 799 g/mol. The van der Waals surface area contributed by atoms with Gasteiger partial charge in [0.25, 0.3) is 11.8 Å². The van der Waals surface area contributed by atoms with Crippen LogP contribution in [0.1, 0.15) is 46.0 Å². The van der Waals surface area contributed by atoms with Gasteiger partial charge in [0.15, 0.2) is 11.6 Å². The maximum Gasteiger partial charge on any atom is 0.353 e. The average molecular weight is 802 g/mol. The number of unbranched alkanes of at least 4 members (excludes halogenated alkanes) is 2. The van der Waals surface area contributed by atoms with Crippen LogP contribution in [0.4, 0.5) is 0 Å². The number of carbonyl (C=O) groups is 8. The zero-order valence-corrected chi connectivity index (χ0v) is 26.7. The number of hydrogen-bond acceptors (Lipinski definition) is 11. The van der Waals surface area contributed by atoms with Crippen LogP contribution in [0.25, 0.3) is 0 Å². The summed E-state index contributed by atoms with van der Waals surface area (Å²) in [4.78, 5) is 89.9. The fourth-order valence-corrected chi connectivity index (χ4v) is 4.81. The SMILES string of the molecule is C.NCCCC[C@H](N)C(=O)O.O=C1C=C(Br)C(=O)C1[C@@H](CCCCN1C(=O)C=C(Br)C1=O)C(=O)O.O=C1C=C(Br)C(=O)O1. The van der Waals surface area contributed by atoms with Crippen molar-refractivity contribution >= 4 is 95.0 Å². The molecule has 0 aromatic heterocycles. The van der Waals surface area contributed by atoms with Crippen LogP contribution < -0.4 is 11.5 Å². The standard InChI is InChI=1S/C15H13Br2NO6.C6H14N2O2.C4HBrO3.CH4/c16-8-5-10(19)12(13(8)21)7(15(23)24)3-1-2-4-18-11(20)6-9(17)14(18)22;7-4-2-1-3-5(8)6(9)10;5-2-1-3(6)8-4(2)7;/h5-7,12H,1-4H2,(H,23,24);5H,1-4,7-8H2,(H,9,10);1H;1H4/t7-,12?;5-;;/m10../s1. The van der Waals surface area contributed by atoms with E-state index in [1.807, 2.05) is 0 Å². The van der Waals surface area contributed by atoms with Crippen molar-refractivity contribution in [2.45, 2.75) is 52.0 Å². The first kappa shape index (κ1) is 40.1. The summed E-state index contributed by atoms with van der Waals surface area (Å²) in [6.07, 6.45) is 6.39. The van der Waals surface area contributed by atoms with Gasteiger partial charge in [0.1, 0.15) is 10.5 Å². The zero-order chi connectivity index (χ0) is 32.1. The lowest BCUT2D eigenvalue weighted by molar-refractivity contribution is -0.150. The molecule has 0 bridgehead atoms. The fraction of sp³-hybridized carbons (Fsp3) is 0.462. The highest BCUT2D eigenvalue weighted by atomic mass is 79.9. The van der Waals surface area contributed by atoms with Gasteiger partial charge >= 0.3 is 23.9 Å². The minimum Gasteiger partial charge on any atom is -0.481 e. The van der Waals surface area contributed by atoms with E-state index in [0.29, 0.717) is 25.8 Å². The molecule has 0 saturated carbocycles. The molecule has 238 valence electrons. The predicted molar refractivity (Wildman–Crippen MR) is 163 cm³/mol. The molecule has 14 nitrogen and oxygen atoms in total. The van der Waals surface area contributed by atoms with E-state index in [9.17, 15) is 43.5 Å². The van der Waals surface area contributed by atoms with Gasteiger partial charge in [-0.15, -0.1) is 0 Å². The number of carbonyl (C=O) groups excluding carboxylic acids is 6. The Bertz CT molecular complexity index is 1230. The number of nitrogens with zero attached hydrogens (tertiary/aromatic N) is 1. The molecule has 3 rings (SSSR count). The van der Waals surface area contributed by atoms with Crippen molar-refractivity contribution in [3.05, 3.63) is 31.7 Å². The number of esters is 2. The molecular formula is C26H32Br3N3O11. The number of cyclic esters (lactones) is 2. The van der Waals surface area contributed by atoms with E-state index in [0.717, 1.165) is 29.9 Å². The Morgan fingerprint density at radius 2 is 1.47 bits per heavy atom. The quantitative estimate of drug-likeness (QED) is 0.0958. The van der Waals surface area contributed by atoms with Gasteiger partial charge in [-0.05, 0) is 86.1 Å². The maximum atomic E-state index is 11.9. The van der Waals surface area contributed by atoms with Gasteiger partial charge in [-0.3, -0.25) is 33.7 Å². The molecule has 2 amide bonds. The first-order valence-corrected chi connectivity index (χ1v) is 14.7. The first-order valence-electron chi connectivity index (χ1n) is 12.3. The summed E-state index contributed by atoms with van der Waals surface area (Å²) < 4.78 is 4.52. The molecule has 0 saturated heterocycles. The molecule has 0 spiro atoms. The number of aliphatic carboxylic acids is 2. The van der Waals surface area contributed by atoms with E-state index in [2.05, 4.69) is 52.5 Å². The number of allylic oxidation sites excluding steroid dienone is 2. The van der Waals surface area contributed by atoms with Crippen LogP contribution >= 0.6 is 47.8 Å². The number of Topliss-reactive ketones (excluding diaryl/α,β-unsaturated/α-hetero) is 1. The van der Waals surface area contributed by atoms with Crippen LogP contribution in [0.3, 0.4) is 0 Å². The van der Waals surface area contributed by atoms with Crippen molar-refractivity contribution in [1.82, 2.24) is 4.90 Å². The number of halogens is 3. The lowest BCUT2D eigenvalue weighted by Crippen LogP contribution is -2.33. The second-order valence-corrected chi connectivity index (χ2v) is 11.5. The summed E-state index contributed by atoms with van der Waals surface area (Å²) in [6.45, 7) is 0.760. The van der Waals surface area contributed by atoms with E-state index in [1.165, 1.54) is 6.08 Å². The second kappa shape index (κ2) is 19.4. The topological polar surface area (TPSA) is 242 Å². The van der Waals surface area contributed by atoms with Crippen molar-refractivity contribution < 1.29 is 53.3 Å². The summed E-state index contributed by atoms with van der Waals surface area (Å²) in [7, 11) is 0. The molecule has 43 heavy (non-hydrogen) atoms. The van der Waals surface area contributed by atoms with Crippen LogP contribution in [0.5, 0.6) is 0 Å². The average Bonchev–Trinajstić information content (AvgIpc) is 3.44. The highest BCUT2D eigenvalue weighted by Gasteiger charge is 2.42. The van der Waals surface area contributed by atoms with Crippen LogP contribution in [0, 0.1) is 11.8 Å². The summed E-state index contributed by atoms with van der Waals surface area (Å²) in [5.74, 6) is -7.58. The Hall–Kier alpha value is -2.86. The molecule has 0 radical (unpaired) electrons. The zero-order valence-electron chi connectivity index (χ0n) is 21.9. The van der Waals surface area contributed by atoms with Gasteiger partial charge in [-0.25, -0.2) is 9.59 Å². The van der Waals surface area contributed by atoms with Crippen molar-refractivity contribution in [2.75, 3.05) is 13.1 Å². The summed E-state index contributed by atoms with van der Waals surface area (Å²) in [6, 6.07) is -0.716. The minimum atomic E-state index is -1.21. The van der Waals surface area contributed by atoms with E-state index >= 15 is 0 Å². The molecule has 6 N–H and O–H groups in total. The highest BCUT2D eigenvalue weighted by Crippen LogP contribution is 2.31. The molecule has 3 aliphatic rings. The molecule has 1 unspecified atom stereocenters. The van der Waals surface area contributed by atoms with Crippen LogP contribution in [0.2, 0.25) is 0 Å². The predicted octanol–water partition coefficient (Wildman–Crippen LogP) is 2.06. The number of hydrogen-bond donors (Lipinski definition) is 4. The molecule has 17 heteroatoms. The van der Waals surface area contributed by atoms with Crippen LogP contribution in [0.15, 0.2) is 31.7 Å². The Balaban J connectivity index is 0.000000763. The third-order valence-electron chi connectivity index (χ3n) is 5.84. The molecule has 2 heterocycles. The molecule has 0 aromatic carbocycles. The van der Waals surface area contributed by atoms with Crippen LogP contribution in [-0.4, -0.2) is 81.5 Å². The van der Waals surface area contributed by atoms with Crippen molar-refractivity contribution in [1.29, 1.82) is 0 Å². The van der Waals surface area contributed by atoms with E-state index in [4.69, 9.17) is 16.6 Å². The van der Waals surface area contributed by atoms with Gasteiger partial charge in [0, 0.05) is 18.7 Å². The molecule has 0 fully saturated rings. The number of nitrogens with two attached hydrogens (primary N) is 2. The van der Waals surface area contributed by atoms with Crippen molar-refractivity contribution in [3.8, 4) is 0 Å². The smallest absolute Gasteiger partial charge is 0.353 e. The number of carboxylic acid groups (broad SMARTS) is 2. The molecule has 0 aromatic rings. The lowest BCUT2D eigenvalue weighted by atomic mass is 9.85. The molecule has 1 aliphatic carbocycles. The van der Waals surface area contributed by atoms with Crippen molar-refractivity contribution in [2.24, 2.45) is 23.3 Å². The van der Waals surface area contributed by atoms with Gasteiger partial charge in [0.2, 0.25) is 0 Å². The largest absolute Gasteiger partial charge is 0.481 e. The first-order chi connectivity index (χ1) is 19.6. The Morgan fingerprint density at radius 1 is 0.860 bits per heavy atom. The number of rotatable bonds is 12. The van der Waals surface area contributed by atoms with Gasteiger partial charge in [-0.2, -0.15) is 0 Å². The summed E-state index contributed by atoms with van der Waals surface area (Å²) in [5.41, 5.74) is 10.4. The normalized spacial score (nSPS) is 18.8. The van der Waals surface area contributed by atoms with Gasteiger partial charge in [0.05, 0.1) is 20.8 Å². The number of imide groups is 1. The fourth-order valence-electron chi connectivity index (χ4n) is 3.66. The van der Waals surface area contributed by atoms with Crippen LogP contribution in [-0.2, 0) is 43.1 Å². The molecule has 3 atom stereocenters. The number of ketones is 2. The van der Waals surface area contributed by atoms with E-state index < -0.39 is 65.1 Å². The third kappa shape index (κ3) is 12.7. The molecular weight excluding hydrogens is 770 g/mol. The summed E-state index contributed by atoms with van der Waals surface area (Å²) >= 11 is 8.75. The Kier molecular flexibility index (Phi) is 18.1. The number of ether oxygens (including phenoxy) is 1. The minimum absolute atomic E-state index is 0. The summed E-state index contributed by atoms with van der Waals surface area (Å²) in [5, 5.41) is 17.6. The van der Waals surface area contributed by atoms with E-state index in [-0.39, 0.29) is 33.8 Å². The maximum absolute atomic E-state index is 11.9. The highest BCUT2D eigenvalue weighted by molar-refractivity contribution is 9.12. The van der Waals surface area contributed by atoms with E-state index in [1.54, 1.807) is 0 Å². The van der Waals surface area contributed by atoms with Crippen molar-refractivity contribution in [3.63, 3.8) is 0 Å². The lowest BCUT2D eigenvalue weighted by Gasteiger charge is -2.18. The number of amides is 2. The van der Waals surface area contributed by atoms with Gasteiger partial charge in [-0.1, -0.05) is 20.3 Å².